The third kappa shape index (κ3) is 3.54. The molecule has 3 aliphatic carbocycles. The number of hydrogen-bond donors (Lipinski definition) is 1. The van der Waals surface area contributed by atoms with Gasteiger partial charge in [0.1, 0.15) is 11.4 Å². The standard InChI is InChI=1S/C23H33BN4O4/c1-13(2)8-20(24-30-19-10-14-9-18(22(14,3)4)23(19,5)32-24)27-21(29)17-11-15(28-31-17)16-12-25-6-7-26-16/h6-7,12-14,17-20H,8-11H2,1-5H3,(H,27,29)/t14-,17?,18-,19+,20-,23-/m0/s1. The lowest BCUT2D eigenvalue weighted by Gasteiger charge is -2.64. The van der Waals surface area contributed by atoms with Gasteiger partial charge in [0, 0.05) is 18.8 Å². The average Bonchev–Trinajstić information content (AvgIpc) is 3.37. The molecular formula is C23H33BN4O4. The molecule has 32 heavy (non-hydrogen) atoms. The van der Waals surface area contributed by atoms with Crippen LogP contribution in [-0.2, 0) is 18.9 Å². The Hall–Kier alpha value is -2.00. The van der Waals surface area contributed by atoms with E-state index >= 15 is 0 Å². The summed E-state index contributed by atoms with van der Waals surface area (Å²) in [5, 5.41) is 7.22. The Morgan fingerprint density at radius 3 is 2.78 bits per heavy atom. The van der Waals surface area contributed by atoms with E-state index < -0.39 is 13.2 Å². The van der Waals surface area contributed by atoms with Crippen LogP contribution in [0, 0.1) is 23.2 Å². The van der Waals surface area contributed by atoms with Crippen LogP contribution in [0.15, 0.2) is 23.7 Å². The first-order valence-corrected chi connectivity index (χ1v) is 11.8. The quantitative estimate of drug-likeness (QED) is 0.684. The molecule has 1 saturated heterocycles. The predicted octanol–water partition coefficient (Wildman–Crippen LogP) is 2.77. The molecule has 6 atom stereocenters. The molecule has 0 aromatic carbocycles. The summed E-state index contributed by atoms with van der Waals surface area (Å²) in [6.45, 7) is 11.2. The van der Waals surface area contributed by atoms with Crippen LogP contribution in [0.3, 0.4) is 0 Å². The molecule has 172 valence electrons. The SMILES string of the molecule is CC(C)C[C@H](NC(=O)C1CC(c2cnccn2)=NO1)B1O[C@@H]2C[C@@H]3C[C@@H](C3(C)C)[C@]2(C)O1. The molecule has 1 N–H and O–H groups in total. The minimum atomic E-state index is -0.687. The van der Waals surface area contributed by atoms with Crippen molar-refractivity contribution in [3.8, 4) is 0 Å². The van der Waals surface area contributed by atoms with Crippen LogP contribution in [0.25, 0.3) is 0 Å². The molecule has 2 aliphatic heterocycles. The van der Waals surface area contributed by atoms with E-state index in [0.29, 0.717) is 35.6 Å². The Labute approximate surface area is 190 Å². The lowest BCUT2D eigenvalue weighted by molar-refractivity contribution is -0.199. The predicted molar refractivity (Wildman–Crippen MR) is 120 cm³/mol. The van der Waals surface area contributed by atoms with Crippen molar-refractivity contribution in [3.63, 3.8) is 0 Å². The fraction of sp³-hybridized carbons (Fsp3) is 0.739. The molecule has 1 aromatic rings. The second-order valence-electron chi connectivity index (χ2n) is 11.0. The van der Waals surface area contributed by atoms with E-state index in [1.54, 1.807) is 18.6 Å². The lowest BCUT2D eigenvalue weighted by Crippen LogP contribution is -2.65. The molecule has 4 fully saturated rings. The zero-order valence-corrected chi connectivity index (χ0v) is 19.6. The van der Waals surface area contributed by atoms with E-state index in [-0.39, 0.29) is 29.0 Å². The first-order chi connectivity index (χ1) is 15.2. The van der Waals surface area contributed by atoms with Crippen LogP contribution < -0.4 is 5.32 Å². The van der Waals surface area contributed by atoms with Crippen molar-refractivity contribution < 1.29 is 18.9 Å². The summed E-state index contributed by atoms with van der Waals surface area (Å²) < 4.78 is 13.1. The second-order valence-corrected chi connectivity index (χ2v) is 11.0. The molecule has 1 unspecified atom stereocenters. The highest BCUT2D eigenvalue weighted by Crippen LogP contribution is 2.65. The molecule has 0 spiro atoms. The van der Waals surface area contributed by atoms with Gasteiger partial charge in [0.05, 0.1) is 23.8 Å². The molecule has 1 amide bonds. The molecule has 2 bridgehead atoms. The van der Waals surface area contributed by atoms with Gasteiger partial charge in [-0.2, -0.15) is 0 Å². The maximum Gasteiger partial charge on any atom is 0.481 e. The Kier molecular flexibility index (Phi) is 5.32. The van der Waals surface area contributed by atoms with Crippen molar-refractivity contribution in [2.75, 3.05) is 0 Å². The topological polar surface area (TPSA) is 94.9 Å². The molecular weight excluding hydrogens is 407 g/mol. The van der Waals surface area contributed by atoms with Crippen molar-refractivity contribution in [2.45, 2.75) is 84.1 Å². The monoisotopic (exact) mass is 440 g/mol. The van der Waals surface area contributed by atoms with Crippen molar-refractivity contribution in [3.05, 3.63) is 24.3 Å². The van der Waals surface area contributed by atoms with E-state index in [4.69, 9.17) is 14.1 Å². The van der Waals surface area contributed by atoms with Crippen LogP contribution in [-0.4, -0.2) is 52.5 Å². The van der Waals surface area contributed by atoms with Gasteiger partial charge in [-0.15, -0.1) is 0 Å². The number of carbonyl (C=O) groups excluding carboxylic acids is 1. The smallest absolute Gasteiger partial charge is 0.404 e. The molecule has 1 aromatic heterocycles. The van der Waals surface area contributed by atoms with Crippen molar-refractivity contribution >= 4 is 18.7 Å². The maximum absolute atomic E-state index is 13.1. The molecule has 5 aliphatic rings. The Morgan fingerprint density at radius 1 is 1.28 bits per heavy atom. The van der Waals surface area contributed by atoms with Gasteiger partial charge < -0.3 is 19.5 Å². The van der Waals surface area contributed by atoms with E-state index in [1.807, 2.05) is 0 Å². The van der Waals surface area contributed by atoms with Crippen molar-refractivity contribution in [1.82, 2.24) is 15.3 Å². The van der Waals surface area contributed by atoms with Gasteiger partial charge in [-0.25, -0.2) is 0 Å². The molecule has 3 saturated carbocycles. The third-order valence-electron chi connectivity index (χ3n) is 8.17. The Balaban J connectivity index is 1.26. The average molecular weight is 440 g/mol. The summed E-state index contributed by atoms with van der Waals surface area (Å²) in [7, 11) is -0.451. The summed E-state index contributed by atoms with van der Waals surface area (Å²) in [4.78, 5) is 26.8. The highest BCUT2D eigenvalue weighted by atomic mass is 16.7. The number of aromatic nitrogens is 2. The number of carbonyl (C=O) groups is 1. The largest absolute Gasteiger partial charge is 0.481 e. The molecule has 0 radical (unpaired) electrons. The highest BCUT2D eigenvalue weighted by Gasteiger charge is 2.68. The maximum atomic E-state index is 13.1. The number of nitrogens with one attached hydrogen (secondary N) is 1. The molecule has 6 rings (SSSR count). The van der Waals surface area contributed by atoms with Gasteiger partial charge in [-0.3, -0.25) is 14.8 Å². The zero-order chi connectivity index (χ0) is 22.7. The number of oxime groups is 1. The summed E-state index contributed by atoms with van der Waals surface area (Å²) in [6, 6.07) is 0. The first-order valence-electron chi connectivity index (χ1n) is 11.8. The Morgan fingerprint density at radius 2 is 2.09 bits per heavy atom. The van der Waals surface area contributed by atoms with Crippen molar-refractivity contribution in [1.29, 1.82) is 0 Å². The van der Waals surface area contributed by atoms with Crippen LogP contribution >= 0.6 is 0 Å². The minimum Gasteiger partial charge on any atom is -0.404 e. The zero-order valence-electron chi connectivity index (χ0n) is 19.6. The summed E-state index contributed by atoms with van der Waals surface area (Å²) in [5.74, 6) is 1.11. The number of rotatable bonds is 6. The van der Waals surface area contributed by atoms with Crippen LogP contribution in [0.2, 0.25) is 0 Å². The summed E-state index contributed by atoms with van der Waals surface area (Å²) in [5.41, 5.74) is 1.25. The van der Waals surface area contributed by atoms with Gasteiger partial charge in [0.2, 0.25) is 6.10 Å². The lowest BCUT2D eigenvalue weighted by atomic mass is 9.43. The first kappa shape index (κ1) is 21.8. The fourth-order valence-corrected chi connectivity index (χ4v) is 6.21. The summed E-state index contributed by atoms with van der Waals surface area (Å²) >= 11 is 0. The summed E-state index contributed by atoms with van der Waals surface area (Å²) in [6.07, 6.45) is 7.59. The van der Waals surface area contributed by atoms with Crippen LogP contribution in [0.5, 0.6) is 0 Å². The van der Waals surface area contributed by atoms with Crippen LogP contribution in [0.4, 0.5) is 0 Å². The highest BCUT2D eigenvalue weighted by molar-refractivity contribution is 6.48. The van der Waals surface area contributed by atoms with Gasteiger partial charge in [0.15, 0.2) is 0 Å². The van der Waals surface area contributed by atoms with E-state index in [9.17, 15) is 4.79 Å². The van der Waals surface area contributed by atoms with Crippen molar-refractivity contribution in [2.24, 2.45) is 28.3 Å². The molecule has 8 nitrogen and oxygen atoms in total. The second kappa shape index (κ2) is 7.80. The van der Waals surface area contributed by atoms with Gasteiger partial charge >= 0.3 is 7.12 Å². The normalized spacial score (nSPS) is 35.6. The Bertz CT molecular complexity index is 911. The minimum absolute atomic E-state index is 0.0881. The van der Waals surface area contributed by atoms with E-state index in [0.717, 1.165) is 12.8 Å². The van der Waals surface area contributed by atoms with Gasteiger partial charge in [0.25, 0.3) is 5.91 Å². The molecule has 9 heteroatoms. The number of amides is 1. The van der Waals surface area contributed by atoms with Gasteiger partial charge in [-0.05, 0) is 49.4 Å². The number of hydrogen-bond acceptors (Lipinski definition) is 7. The third-order valence-corrected chi connectivity index (χ3v) is 8.17. The fourth-order valence-electron chi connectivity index (χ4n) is 6.21. The van der Waals surface area contributed by atoms with E-state index in [1.165, 1.54) is 6.42 Å². The molecule has 3 heterocycles. The van der Waals surface area contributed by atoms with Gasteiger partial charge in [-0.1, -0.05) is 32.9 Å². The number of nitrogens with zero attached hydrogens (tertiary/aromatic N) is 3. The van der Waals surface area contributed by atoms with Crippen LogP contribution in [0.1, 0.15) is 66.0 Å². The van der Waals surface area contributed by atoms with E-state index in [2.05, 4.69) is 55.1 Å².